The molecule has 0 fully saturated rings. The molecule has 0 N–H and O–H groups in total. The standard InChI is InChI=1S/C22H31N3S/c1-4-12-25(13-5-2)14-6-7-19-9-10-20(23-16-19)17-26-22-15-18(3)8-11-21(22)24-26/h8-11,15-16H,4-7,12-14,17H2,1-3H3. The van der Waals surface area contributed by atoms with E-state index in [4.69, 9.17) is 9.35 Å². The Bertz CT molecular complexity index is 746. The minimum absolute atomic E-state index is 0.000266. The molecule has 26 heavy (non-hydrogen) atoms. The molecule has 1 atom stereocenters. The predicted molar refractivity (Wildman–Crippen MR) is 112 cm³/mol. The first-order valence-corrected chi connectivity index (χ1v) is 11.2. The fraction of sp³-hybridized carbons (Fsp3) is 0.500. The van der Waals surface area contributed by atoms with Gasteiger partial charge in [-0.1, -0.05) is 36.7 Å². The van der Waals surface area contributed by atoms with E-state index < -0.39 is 0 Å². The summed E-state index contributed by atoms with van der Waals surface area (Å²) in [6, 6.07) is 11.0. The van der Waals surface area contributed by atoms with Crippen molar-refractivity contribution in [2.75, 3.05) is 19.6 Å². The molecule has 0 amide bonds. The lowest BCUT2D eigenvalue weighted by Gasteiger charge is -2.21. The molecule has 1 aromatic carbocycles. The first-order chi connectivity index (χ1) is 12.7. The molecule has 0 saturated heterocycles. The minimum Gasteiger partial charge on any atom is -0.303 e. The van der Waals surface area contributed by atoms with Gasteiger partial charge >= 0.3 is 0 Å². The van der Waals surface area contributed by atoms with Gasteiger partial charge < -0.3 is 4.90 Å². The maximum absolute atomic E-state index is 4.73. The summed E-state index contributed by atoms with van der Waals surface area (Å²) in [5, 5.41) is 0. The quantitative estimate of drug-likeness (QED) is 0.557. The second-order valence-electron chi connectivity index (χ2n) is 7.17. The number of fused-ring (bicyclic) bond motifs is 1. The van der Waals surface area contributed by atoms with E-state index in [0.717, 1.165) is 17.9 Å². The van der Waals surface area contributed by atoms with Crippen molar-refractivity contribution in [1.29, 1.82) is 0 Å². The van der Waals surface area contributed by atoms with Crippen LogP contribution in [0, 0.1) is 6.92 Å². The number of hydrogen-bond donors (Lipinski definition) is 0. The van der Waals surface area contributed by atoms with Crippen molar-refractivity contribution in [3.05, 3.63) is 53.3 Å². The normalized spacial score (nSPS) is 15.5. The zero-order valence-electron chi connectivity index (χ0n) is 16.4. The number of rotatable bonds is 10. The van der Waals surface area contributed by atoms with Gasteiger partial charge in [-0.25, -0.2) is 4.36 Å². The molecule has 2 heterocycles. The van der Waals surface area contributed by atoms with Gasteiger partial charge in [-0.15, -0.1) is 0 Å². The van der Waals surface area contributed by atoms with Crippen LogP contribution in [0.25, 0.3) is 0 Å². The number of pyridine rings is 1. The average molecular weight is 370 g/mol. The van der Waals surface area contributed by atoms with Crippen molar-refractivity contribution < 1.29 is 0 Å². The van der Waals surface area contributed by atoms with E-state index in [0.29, 0.717) is 0 Å². The van der Waals surface area contributed by atoms with Gasteiger partial charge in [0.2, 0.25) is 0 Å². The summed E-state index contributed by atoms with van der Waals surface area (Å²) in [5.74, 6) is 0.942. The van der Waals surface area contributed by atoms with Gasteiger partial charge in [0.25, 0.3) is 0 Å². The van der Waals surface area contributed by atoms with Gasteiger partial charge in [-0.2, -0.15) is 0 Å². The molecule has 1 unspecified atom stereocenters. The molecular formula is C22H31N3S. The Morgan fingerprint density at radius 1 is 1.00 bits per heavy atom. The predicted octanol–water partition coefficient (Wildman–Crippen LogP) is 5.45. The maximum atomic E-state index is 4.73. The van der Waals surface area contributed by atoms with Crippen LogP contribution in [0.3, 0.4) is 0 Å². The van der Waals surface area contributed by atoms with E-state index in [-0.39, 0.29) is 10.7 Å². The highest BCUT2D eigenvalue weighted by Crippen LogP contribution is 2.36. The summed E-state index contributed by atoms with van der Waals surface area (Å²) < 4.78 is 4.73. The fourth-order valence-electron chi connectivity index (χ4n) is 3.43. The van der Waals surface area contributed by atoms with E-state index in [1.54, 1.807) is 0 Å². The van der Waals surface area contributed by atoms with Crippen molar-refractivity contribution in [2.45, 2.75) is 57.1 Å². The Morgan fingerprint density at radius 3 is 2.50 bits per heavy atom. The second-order valence-corrected chi connectivity index (χ2v) is 8.82. The number of hydrogen-bond acceptors (Lipinski definition) is 3. The molecular weight excluding hydrogens is 338 g/mol. The first kappa shape index (κ1) is 19.2. The van der Waals surface area contributed by atoms with Crippen molar-refractivity contribution in [3.8, 4) is 0 Å². The molecule has 140 valence electrons. The summed E-state index contributed by atoms with van der Waals surface area (Å²) in [6.45, 7) is 10.3. The number of aromatic nitrogens is 1. The summed E-state index contributed by atoms with van der Waals surface area (Å²) in [5.41, 5.74) is 5.00. The van der Waals surface area contributed by atoms with Gasteiger partial charge in [0.1, 0.15) is 0 Å². The van der Waals surface area contributed by atoms with Crippen LogP contribution in [0.15, 0.2) is 45.8 Å². The number of nitrogens with zero attached hydrogens (tertiary/aromatic N) is 3. The van der Waals surface area contributed by atoms with Gasteiger partial charge in [-0.3, -0.25) is 4.98 Å². The highest BCUT2D eigenvalue weighted by molar-refractivity contribution is 7.88. The summed E-state index contributed by atoms with van der Waals surface area (Å²) >= 11 is 0. The third-order valence-electron chi connectivity index (χ3n) is 4.77. The SMILES string of the molecule is CCCN(CCC)CCCc1ccc(CS2=Nc3ccc(C)cc32)nc1. The van der Waals surface area contributed by atoms with Crippen molar-refractivity contribution >= 4 is 16.4 Å². The van der Waals surface area contributed by atoms with E-state index in [9.17, 15) is 0 Å². The van der Waals surface area contributed by atoms with Crippen molar-refractivity contribution in [3.63, 3.8) is 0 Å². The molecule has 4 heteroatoms. The lowest BCUT2D eigenvalue weighted by atomic mass is 10.1. The molecule has 1 aromatic heterocycles. The van der Waals surface area contributed by atoms with Crippen molar-refractivity contribution in [2.24, 2.45) is 4.36 Å². The molecule has 3 rings (SSSR count). The molecule has 2 aromatic rings. The fourth-order valence-corrected chi connectivity index (χ4v) is 5.14. The lowest BCUT2D eigenvalue weighted by molar-refractivity contribution is 0.271. The molecule has 0 spiro atoms. The van der Waals surface area contributed by atoms with Crippen LogP contribution >= 0.6 is 0 Å². The minimum atomic E-state index is 0.000266. The highest BCUT2D eigenvalue weighted by atomic mass is 32.2. The molecule has 3 nitrogen and oxygen atoms in total. The van der Waals surface area contributed by atoms with Crippen molar-refractivity contribution in [1.82, 2.24) is 9.88 Å². The zero-order valence-corrected chi connectivity index (χ0v) is 17.2. The number of benzene rings is 1. The number of aryl methyl sites for hydroxylation is 2. The Hall–Kier alpha value is -1.52. The van der Waals surface area contributed by atoms with E-state index >= 15 is 0 Å². The summed E-state index contributed by atoms with van der Waals surface area (Å²) in [7, 11) is 0.000266. The van der Waals surface area contributed by atoms with Gasteiger partial charge in [0.05, 0.1) is 17.1 Å². The Kier molecular flexibility index (Phi) is 6.98. The van der Waals surface area contributed by atoms with Gasteiger partial charge in [0, 0.05) is 11.1 Å². The van der Waals surface area contributed by atoms with Crippen LogP contribution in [-0.2, 0) is 22.9 Å². The van der Waals surface area contributed by atoms with E-state index in [1.807, 2.05) is 0 Å². The Labute approximate surface area is 161 Å². The summed E-state index contributed by atoms with van der Waals surface area (Å²) in [6.07, 6.45) is 6.89. The average Bonchev–Trinajstić information content (AvgIpc) is 2.63. The Balaban J connectivity index is 1.48. The summed E-state index contributed by atoms with van der Waals surface area (Å²) in [4.78, 5) is 8.69. The van der Waals surface area contributed by atoms with E-state index in [2.05, 4.69) is 62.2 Å². The van der Waals surface area contributed by atoms with Crippen LogP contribution in [0.4, 0.5) is 5.69 Å². The van der Waals surface area contributed by atoms with Crippen LogP contribution < -0.4 is 0 Å². The monoisotopic (exact) mass is 369 g/mol. The van der Waals surface area contributed by atoms with Crippen LogP contribution in [0.5, 0.6) is 0 Å². The van der Waals surface area contributed by atoms with Crippen LogP contribution in [-0.4, -0.2) is 29.5 Å². The highest BCUT2D eigenvalue weighted by Gasteiger charge is 2.17. The van der Waals surface area contributed by atoms with Crippen LogP contribution in [0.2, 0.25) is 0 Å². The molecule has 1 aliphatic rings. The molecule has 0 aliphatic carbocycles. The third kappa shape index (κ3) is 5.01. The van der Waals surface area contributed by atoms with Gasteiger partial charge in [0.15, 0.2) is 0 Å². The maximum Gasteiger partial charge on any atom is 0.0852 e. The van der Waals surface area contributed by atoms with Crippen LogP contribution in [0.1, 0.15) is 49.9 Å². The molecule has 0 bridgehead atoms. The smallest absolute Gasteiger partial charge is 0.0852 e. The topological polar surface area (TPSA) is 28.5 Å². The van der Waals surface area contributed by atoms with E-state index in [1.165, 1.54) is 60.6 Å². The Morgan fingerprint density at radius 2 is 1.81 bits per heavy atom. The zero-order chi connectivity index (χ0) is 18.4. The largest absolute Gasteiger partial charge is 0.303 e. The second kappa shape index (κ2) is 9.43. The molecule has 1 aliphatic heterocycles. The first-order valence-electron chi connectivity index (χ1n) is 9.89. The molecule has 0 radical (unpaired) electrons. The lowest BCUT2D eigenvalue weighted by Crippen LogP contribution is -2.26. The van der Waals surface area contributed by atoms with Gasteiger partial charge in [-0.05, 0) is 81.6 Å². The third-order valence-corrected chi connectivity index (χ3v) is 6.59. The molecule has 0 saturated carbocycles.